The Hall–Kier alpha value is -1.80. The molecule has 2 aromatic carbocycles. The van der Waals surface area contributed by atoms with Gasteiger partial charge in [-0.15, -0.1) is 0 Å². The second-order valence-corrected chi connectivity index (χ2v) is 5.64. The minimum Gasteiger partial charge on any atom is -0.399 e. The van der Waals surface area contributed by atoms with E-state index in [1.165, 1.54) is 36.1 Å². The molecule has 0 saturated carbocycles. The van der Waals surface area contributed by atoms with Gasteiger partial charge in [-0.3, -0.25) is 4.90 Å². The average molecular weight is 266 g/mol. The van der Waals surface area contributed by atoms with Crippen molar-refractivity contribution in [3.05, 3.63) is 65.2 Å². The number of aryl methyl sites for hydroxylation is 1. The Morgan fingerprint density at radius 2 is 1.85 bits per heavy atom. The number of nitrogen functional groups attached to an aromatic ring is 1. The van der Waals surface area contributed by atoms with Gasteiger partial charge in [-0.1, -0.05) is 36.4 Å². The smallest absolute Gasteiger partial charge is 0.0316 e. The Kier molecular flexibility index (Phi) is 4.03. The number of nitrogens with two attached hydrogens (primary N) is 1. The first-order chi connectivity index (χ1) is 9.81. The van der Waals surface area contributed by atoms with Gasteiger partial charge in [-0.2, -0.15) is 0 Å². The highest BCUT2D eigenvalue weighted by atomic mass is 15.1. The molecule has 0 aromatic heterocycles. The van der Waals surface area contributed by atoms with Gasteiger partial charge in [0, 0.05) is 18.8 Å². The molecule has 104 valence electrons. The third-order valence-corrected chi connectivity index (χ3v) is 4.10. The zero-order valence-electron chi connectivity index (χ0n) is 11.9. The molecule has 2 N–H and O–H groups in total. The normalized spacial score (nSPS) is 15.6. The summed E-state index contributed by atoms with van der Waals surface area (Å²) in [6, 6.07) is 17.1. The minimum absolute atomic E-state index is 0.865. The van der Waals surface area contributed by atoms with Crippen LogP contribution >= 0.6 is 0 Å². The van der Waals surface area contributed by atoms with Crippen molar-refractivity contribution in [1.82, 2.24) is 4.90 Å². The van der Waals surface area contributed by atoms with Gasteiger partial charge in [-0.05, 0) is 54.6 Å². The van der Waals surface area contributed by atoms with Crippen molar-refractivity contribution in [2.24, 2.45) is 0 Å². The lowest BCUT2D eigenvalue weighted by molar-refractivity contribution is 0.273. The van der Waals surface area contributed by atoms with Crippen LogP contribution in [0.2, 0.25) is 0 Å². The standard InChI is InChI=1S/C18H22N2/c19-18-9-3-5-15(13-18)10-12-20-11-4-8-16-6-1-2-7-17(16)14-20/h1-3,5-7,9,13H,4,8,10-12,14,19H2. The summed E-state index contributed by atoms with van der Waals surface area (Å²) in [5.41, 5.74) is 11.1. The minimum atomic E-state index is 0.865. The maximum Gasteiger partial charge on any atom is 0.0316 e. The lowest BCUT2D eigenvalue weighted by Crippen LogP contribution is -2.25. The highest BCUT2D eigenvalue weighted by Crippen LogP contribution is 2.18. The summed E-state index contributed by atoms with van der Waals surface area (Å²) in [6.07, 6.45) is 3.55. The Bertz CT molecular complexity index is 577. The van der Waals surface area contributed by atoms with Crippen LogP contribution < -0.4 is 5.73 Å². The number of nitrogens with zero attached hydrogens (tertiary/aromatic N) is 1. The fraction of sp³-hybridized carbons (Fsp3) is 0.333. The first kappa shape index (κ1) is 13.2. The number of fused-ring (bicyclic) bond motifs is 1. The Morgan fingerprint density at radius 3 is 2.70 bits per heavy atom. The molecule has 0 atom stereocenters. The van der Waals surface area contributed by atoms with Crippen LogP contribution in [-0.2, 0) is 19.4 Å². The Balaban J connectivity index is 1.64. The summed E-state index contributed by atoms with van der Waals surface area (Å²) >= 11 is 0. The molecular formula is C18H22N2. The highest BCUT2D eigenvalue weighted by Gasteiger charge is 2.13. The molecule has 1 aliphatic heterocycles. The van der Waals surface area contributed by atoms with Crippen molar-refractivity contribution in [2.45, 2.75) is 25.8 Å². The van der Waals surface area contributed by atoms with Crippen molar-refractivity contribution in [3.8, 4) is 0 Å². The lowest BCUT2D eigenvalue weighted by Gasteiger charge is -2.20. The van der Waals surface area contributed by atoms with Crippen LogP contribution in [0.1, 0.15) is 23.1 Å². The SMILES string of the molecule is Nc1cccc(CCN2CCCc3ccccc3C2)c1. The van der Waals surface area contributed by atoms with Gasteiger partial charge in [0.1, 0.15) is 0 Å². The zero-order valence-corrected chi connectivity index (χ0v) is 11.9. The van der Waals surface area contributed by atoms with Crippen LogP contribution in [0.3, 0.4) is 0 Å². The van der Waals surface area contributed by atoms with E-state index in [2.05, 4.69) is 41.3 Å². The second-order valence-electron chi connectivity index (χ2n) is 5.64. The molecule has 3 rings (SSSR count). The van der Waals surface area contributed by atoms with E-state index in [-0.39, 0.29) is 0 Å². The van der Waals surface area contributed by atoms with Crippen molar-refractivity contribution in [2.75, 3.05) is 18.8 Å². The van der Waals surface area contributed by atoms with Gasteiger partial charge in [0.25, 0.3) is 0 Å². The van der Waals surface area contributed by atoms with E-state index < -0.39 is 0 Å². The highest BCUT2D eigenvalue weighted by molar-refractivity contribution is 5.40. The van der Waals surface area contributed by atoms with Crippen LogP contribution in [0.4, 0.5) is 5.69 Å². The summed E-state index contributed by atoms with van der Waals surface area (Å²) in [4.78, 5) is 2.56. The molecule has 0 bridgehead atoms. The maximum absolute atomic E-state index is 5.84. The number of rotatable bonds is 3. The molecule has 0 radical (unpaired) electrons. The van der Waals surface area contributed by atoms with Crippen LogP contribution in [0.5, 0.6) is 0 Å². The van der Waals surface area contributed by atoms with Gasteiger partial charge in [0.2, 0.25) is 0 Å². The molecule has 1 aliphatic rings. The molecule has 1 heterocycles. The molecule has 0 unspecified atom stereocenters. The van der Waals surface area contributed by atoms with Crippen LogP contribution in [0.15, 0.2) is 48.5 Å². The first-order valence-corrected chi connectivity index (χ1v) is 7.45. The first-order valence-electron chi connectivity index (χ1n) is 7.45. The van der Waals surface area contributed by atoms with E-state index in [1.807, 2.05) is 12.1 Å². The molecule has 0 amide bonds. The fourth-order valence-electron chi connectivity index (χ4n) is 3.00. The largest absolute Gasteiger partial charge is 0.399 e. The number of hydrogen-bond acceptors (Lipinski definition) is 2. The Morgan fingerprint density at radius 1 is 1.00 bits per heavy atom. The van der Waals surface area contributed by atoms with Gasteiger partial charge >= 0.3 is 0 Å². The fourth-order valence-corrected chi connectivity index (χ4v) is 3.00. The van der Waals surface area contributed by atoms with Crippen molar-refractivity contribution < 1.29 is 0 Å². The molecule has 0 spiro atoms. The topological polar surface area (TPSA) is 29.3 Å². The average Bonchev–Trinajstić information content (AvgIpc) is 2.67. The maximum atomic E-state index is 5.84. The van der Waals surface area contributed by atoms with Gasteiger partial charge in [-0.25, -0.2) is 0 Å². The van der Waals surface area contributed by atoms with Gasteiger partial charge in [0.15, 0.2) is 0 Å². The van der Waals surface area contributed by atoms with Gasteiger partial charge < -0.3 is 5.73 Å². The van der Waals surface area contributed by atoms with Crippen molar-refractivity contribution in [1.29, 1.82) is 0 Å². The summed E-state index contributed by atoms with van der Waals surface area (Å²) in [5, 5.41) is 0. The third kappa shape index (κ3) is 3.20. The summed E-state index contributed by atoms with van der Waals surface area (Å²) in [5.74, 6) is 0. The van der Waals surface area contributed by atoms with E-state index in [0.717, 1.165) is 25.2 Å². The summed E-state index contributed by atoms with van der Waals surface area (Å²) in [6.45, 7) is 3.38. The number of benzene rings is 2. The van der Waals surface area contributed by atoms with Crippen LogP contribution in [0, 0.1) is 0 Å². The van der Waals surface area contributed by atoms with E-state index in [0.29, 0.717) is 0 Å². The molecule has 20 heavy (non-hydrogen) atoms. The zero-order chi connectivity index (χ0) is 13.8. The molecular weight excluding hydrogens is 244 g/mol. The van der Waals surface area contributed by atoms with E-state index in [1.54, 1.807) is 0 Å². The lowest BCUT2D eigenvalue weighted by atomic mass is 10.0. The molecule has 0 aliphatic carbocycles. The summed E-state index contributed by atoms with van der Waals surface area (Å²) in [7, 11) is 0. The predicted octanol–water partition coefficient (Wildman–Crippen LogP) is 3.26. The molecule has 2 heteroatoms. The predicted molar refractivity (Wildman–Crippen MR) is 84.6 cm³/mol. The van der Waals surface area contributed by atoms with Gasteiger partial charge in [0.05, 0.1) is 0 Å². The van der Waals surface area contributed by atoms with E-state index in [9.17, 15) is 0 Å². The number of anilines is 1. The van der Waals surface area contributed by atoms with Crippen LogP contribution in [-0.4, -0.2) is 18.0 Å². The third-order valence-electron chi connectivity index (χ3n) is 4.10. The number of hydrogen-bond donors (Lipinski definition) is 1. The summed E-state index contributed by atoms with van der Waals surface area (Å²) < 4.78 is 0. The molecule has 0 fully saturated rings. The second kappa shape index (κ2) is 6.10. The van der Waals surface area contributed by atoms with E-state index in [4.69, 9.17) is 5.73 Å². The monoisotopic (exact) mass is 266 g/mol. The van der Waals surface area contributed by atoms with E-state index >= 15 is 0 Å². The Labute approximate surface area is 121 Å². The van der Waals surface area contributed by atoms with Crippen molar-refractivity contribution >= 4 is 5.69 Å². The van der Waals surface area contributed by atoms with Crippen molar-refractivity contribution in [3.63, 3.8) is 0 Å². The molecule has 0 saturated heterocycles. The molecule has 2 nitrogen and oxygen atoms in total. The quantitative estimate of drug-likeness (QED) is 0.864. The molecule has 2 aromatic rings. The van der Waals surface area contributed by atoms with Crippen LogP contribution in [0.25, 0.3) is 0 Å².